The molecule has 0 amide bonds. The minimum atomic E-state index is -0.738. The molecule has 0 bridgehead atoms. The second-order valence-corrected chi connectivity index (χ2v) is 8.09. The third-order valence-corrected chi connectivity index (χ3v) is 5.72. The van der Waals surface area contributed by atoms with Crippen molar-refractivity contribution >= 4 is 43.4 Å². The Bertz CT molecular complexity index is 1360. The number of carbonyl (C=O) groups is 1. The molecule has 4 heteroatoms. The van der Waals surface area contributed by atoms with Crippen LogP contribution < -0.4 is 4.74 Å². The number of ether oxygens (including phenoxy) is 1. The van der Waals surface area contributed by atoms with Crippen molar-refractivity contribution < 1.29 is 9.53 Å². The molecule has 5 rings (SSSR count). The highest BCUT2D eigenvalue weighted by atomic mass is 79.9. The third kappa shape index (κ3) is 3.51. The molecule has 1 aromatic heterocycles. The number of fused-ring (bicyclic) bond motifs is 2. The zero-order chi connectivity index (χ0) is 20.5. The van der Waals surface area contributed by atoms with E-state index in [0.717, 1.165) is 31.7 Å². The molecule has 3 nitrogen and oxygen atoms in total. The molecule has 4 aromatic carbocycles. The number of H-pyrrole nitrogens is 1. The molecule has 0 saturated carbocycles. The molecular formula is C26H18BrNO2. The fourth-order valence-corrected chi connectivity index (χ4v) is 4.10. The first-order valence-corrected chi connectivity index (χ1v) is 10.5. The molecule has 0 radical (unpaired) electrons. The van der Waals surface area contributed by atoms with Crippen LogP contribution in [0.1, 0.15) is 22.0 Å². The Kier molecular flexibility index (Phi) is 4.85. The lowest BCUT2D eigenvalue weighted by Crippen LogP contribution is -2.19. The number of hydrogen-bond donors (Lipinski definition) is 1. The Balaban J connectivity index is 1.56. The molecule has 1 N–H and O–H groups in total. The second kappa shape index (κ2) is 7.81. The first-order valence-electron chi connectivity index (χ1n) is 9.70. The quantitative estimate of drug-likeness (QED) is 0.287. The maximum atomic E-state index is 13.6. The predicted octanol–water partition coefficient (Wildman–Crippen LogP) is 7.09. The topological polar surface area (TPSA) is 42.1 Å². The van der Waals surface area contributed by atoms with Gasteiger partial charge in [-0.05, 0) is 41.1 Å². The third-order valence-electron chi connectivity index (χ3n) is 5.22. The van der Waals surface area contributed by atoms with Crippen LogP contribution in [-0.4, -0.2) is 10.8 Å². The van der Waals surface area contributed by atoms with Gasteiger partial charge in [-0.25, -0.2) is 0 Å². The Morgan fingerprint density at radius 2 is 1.57 bits per heavy atom. The molecular weight excluding hydrogens is 438 g/mol. The SMILES string of the molecule is O=C(c1c[nH]c2ccccc12)C(Oc1ccc2cc(Br)ccc2c1)c1ccccc1. The lowest BCUT2D eigenvalue weighted by Gasteiger charge is -2.19. The van der Waals surface area contributed by atoms with E-state index in [1.165, 1.54) is 0 Å². The maximum Gasteiger partial charge on any atom is 0.210 e. The Hall–Kier alpha value is -3.37. The van der Waals surface area contributed by atoms with Gasteiger partial charge in [0.25, 0.3) is 0 Å². The number of carbonyl (C=O) groups excluding carboxylic acids is 1. The summed E-state index contributed by atoms with van der Waals surface area (Å²) in [4.78, 5) is 16.8. The smallest absolute Gasteiger partial charge is 0.210 e. The molecule has 0 fully saturated rings. The number of nitrogens with one attached hydrogen (secondary N) is 1. The number of benzene rings is 4. The van der Waals surface area contributed by atoms with Gasteiger partial charge in [0.2, 0.25) is 5.78 Å². The van der Waals surface area contributed by atoms with Gasteiger partial charge in [-0.2, -0.15) is 0 Å². The lowest BCUT2D eigenvalue weighted by molar-refractivity contribution is 0.0794. The highest BCUT2D eigenvalue weighted by molar-refractivity contribution is 9.10. The average molecular weight is 456 g/mol. The summed E-state index contributed by atoms with van der Waals surface area (Å²) in [5.41, 5.74) is 2.39. The van der Waals surface area contributed by atoms with Crippen LogP contribution in [0.15, 0.2) is 102 Å². The summed E-state index contributed by atoms with van der Waals surface area (Å²) in [7, 11) is 0. The highest BCUT2D eigenvalue weighted by Gasteiger charge is 2.26. The van der Waals surface area contributed by atoms with Crippen LogP contribution in [0.25, 0.3) is 21.7 Å². The molecule has 0 saturated heterocycles. The summed E-state index contributed by atoms with van der Waals surface area (Å²) in [6, 6.07) is 29.4. The predicted molar refractivity (Wildman–Crippen MR) is 124 cm³/mol. The van der Waals surface area contributed by atoms with Crippen LogP contribution >= 0.6 is 15.9 Å². The van der Waals surface area contributed by atoms with E-state index in [1.807, 2.05) is 84.9 Å². The molecule has 146 valence electrons. The van der Waals surface area contributed by atoms with Crippen molar-refractivity contribution in [1.29, 1.82) is 0 Å². The van der Waals surface area contributed by atoms with Crippen LogP contribution in [0.5, 0.6) is 5.75 Å². The van der Waals surface area contributed by atoms with E-state index in [9.17, 15) is 4.79 Å². The van der Waals surface area contributed by atoms with Crippen molar-refractivity contribution in [2.24, 2.45) is 0 Å². The van der Waals surface area contributed by atoms with Gasteiger partial charge in [-0.3, -0.25) is 4.79 Å². The minimum absolute atomic E-state index is 0.0745. The number of rotatable bonds is 5. The van der Waals surface area contributed by atoms with Gasteiger partial charge in [0, 0.05) is 32.7 Å². The van der Waals surface area contributed by atoms with Crippen molar-refractivity contribution in [2.75, 3.05) is 0 Å². The Labute approximate surface area is 182 Å². The van der Waals surface area contributed by atoms with E-state index < -0.39 is 6.10 Å². The van der Waals surface area contributed by atoms with Crippen molar-refractivity contribution in [3.8, 4) is 5.75 Å². The number of hydrogen-bond acceptors (Lipinski definition) is 2. The standard InChI is InChI=1S/C26H18BrNO2/c27-20-12-10-19-15-21(13-11-18(19)14-20)30-26(17-6-2-1-3-7-17)25(29)23-16-28-24-9-5-4-8-22(23)24/h1-16,26,28H. The van der Waals surface area contributed by atoms with Gasteiger partial charge in [0.15, 0.2) is 6.10 Å². The molecule has 1 heterocycles. The van der Waals surface area contributed by atoms with Crippen molar-refractivity contribution in [1.82, 2.24) is 4.98 Å². The van der Waals surface area contributed by atoms with E-state index in [1.54, 1.807) is 6.20 Å². The van der Waals surface area contributed by atoms with Crippen molar-refractivity contribution in [3.05, 3.63) is 113 Å². The normalized spacial score (nSPS) is 12.2. The van der Waals surface area contributed by atoms with Crippen LogP contribution in [-0.2, 0) is 0 Å². The molecule has 0 aliphatic rings. The maximum absolute atomic E-state index is 13.6. The Morgan fingerprint density at radius 1 is 0.833 bits per heavy atom. The van der Waals surface area contributed by atoms with Crippen molar-refractivity contribution in [3.63, 3.8) is 0 Å². The van der Waals surface area contributed by atoms with Gasteiger partial charge in [-0.15, -0.1) is 0 Å². The summed E-state index contributed by atoms with van der Waals surface area (Å²) in [5, 5.41) is 3.06. The second-order valence-electron chi connectivity index (χ2n) is 7.17. The van der Waals surface area contributed by atoms with Crippen LogP contribution in [0.2, 0.25) is 0 Å². The van der Waals surface area contributed by atoms with E-state index in [-0.39, 0.29) is 5.78 Å². The van der Waals surface area contributed by atoms with Crippen LogP contribution in [0.3, 0.4) is 0 Å². The zero-order valence-electron chi connectivity index (χ0n) is 16.0. The molecule has 30 heavy (non-hydrogen) atoms. The summed E-state index contributed by atoms with van der Waals surface area (Å²) in [6.45, 7) is 0. The van der Waals surface area contributed by atoms with Gasteiger partial charge >= 0.3 is 0 Å². The van der Waals surface area contributed by atoms with E-state index >= 15 is 0 Å². The van der Waals surface area contributed by atoms with Gasteiger partial charge in [0.1, 0.15) is 5.75 Å². The number of aromatic amines is 1. The minimum Gasteiger partial charge on any atom is -0.477 e. The van der Waals surface area contributed by atoms with Crippen LogP contribution in [0.4, 0.5) is 0 Å². The van der Waals surface area contributed by atoms with Gasteiger partial charge in [-0.1, -0.05) is 76.6 Å². The largest absolute Gasteiger partial charge is 0.477 e. The monoisotopic (exact) mass is 455 g/mol. The number of halogens is 1. The summed E-state index contributed by atoms with van der Waals surface area (Å²) >= 11 is 3.50. The first kappa shape index (κ1) is 18.6. The van der Waals surface area contributed by atoms with Gasteiger partial charge < -0.3 is 9.72 Å². The molecule has 1 atom stereocenters. The fourth-order valence-electron chi connectivity index (χ4n) is 3.72. The van der Waals surface area contributed by atoms with Crippen molar-refractivity contribution in [2.45, 2.75) is 6.10 Å². The molecule has 0 spiro atoms. The number of ketones is 1. The zero-order valence-corrected chi connectivity index (χ0v) is 17.6. The summed E-state index contributed by atoms with van der Waals surface area (Å²) in [5.74, 6) is 0.585. The first-order chi connectivity index (χ1) is 14.7. The Morgan fingerprint density at radius 3 is 2.43 bits per heavy atom. The van der Waals surface area contributed by atoms with Gasteiger partial charge in [0.05, 0.1) is 0 Å². The number of para-hydroxylation sites is 1. The van der Waals surface area contributed by atoms with E-state index in [0.29, 0.717) is 11.3 Å². The van der Waals surface area contributed by atoms with E-state index in [4.69, 9.17) is 4.74 Å². The fraction of sp³-hybridized carbons (Fsp3) is 0.0385. The summed E-state index contributed by atoms with van der Waals surface area (Å²) < 4.78 is 7.33. The average Bonchev–Trinajstić information content (AvgIpc) is 3.22. The molecule has 0 aliphatic carbocycles. The number of aromatic nitrogens is 1. The highest BCUT2D eigenvalue weighted by Crippen LogP contribution is 2.31. The van der Waals surface area contributed by atoms with E-state index in [2.05, 4.69) is 27.0 Å². The van der Waals surface area contributed by atoms with Crippen LogP contribution in [0, 0.1) is 0 Å². The number of Topliss-reactive ketones (excluding diaryl/α,β-unsaturated/α-hetero) is 1. The molecule has 0 aliphatic heterocycles. The summed E-state index contributed by atoms with van der Waals surface area (Å²) in [6.07, 6.45) is 1.03. The molecule has 5 aromatic rings. The lowest BCUT2D eigenvalue weighted by atomic mass is 9.99. The molecule has 1 unspecified atom stereocenters.